The van der Waals surface area contributed by atoms with Crippen molar-refractivity contribution < 1.29 is 14.3 Å². The predicted octanol–water partition coefficient (Wildman–Crippen LogP) is 1.92. The highest BCUT2D eigenvalue weighted by Gasteiger charge is 2.39. The summed E-state index contributed by atoms with van der Waals surface area (Å²) in [7, 11) is 1.60. The molecule has 1 heterocycles. The van der Waals surface area contributed by atoms with Crippen molar-refractivity contribution in [2.45, 2.75) is 37.6 Å². The Morgan fingerprint density at radius 1 is 1.36 bits per heavy atom. The molecule has 0 spiro atoms. The van der Waals surface area contributed by atoms with Crippen LogP contribution in [0.1, 0.15) is 42.6 Å². The highest BCUT2D eigenvalue weighted by atomic mass is 16.5. The summed E-state index contributed by atoms with van der Waals surface area (Å²) in [5.41, 5.74) is -0.613. The van der Waals surface area contributed by atoms with Crippen molar-refractivity contribution in [3.63, 3.8) is 0 Å². The zero-order chi connectivity index (χ0) is 16.0. The van der Waals surface area contributed by atoms with Crippen LogP contribution >= 0.6 is 0 Å². The smallest absolute Gasteiger partial charge is 0.357 e. The Balaban J connectivity index is 1.94. The Morgan fingerprint density at radius 3 is 2.68 bits per heavy atom. The van der Waals surface area contributed by atoms with Gasteiger partial charge in [-0.05, 0) is 25.0 Å². The third kappa shape index (κ3) is 3.42. The summed E-state index contributed by atoms with van der Waals surface area (Å²) in [6.07, 6.45) is 5.76. The van der Waals surface area contributed by atoms with E-state index in [9.17, 15) is 14.9 Å². The van der Waals surface area contributed by atoms with Gasteiger partial charge in [0.2, 0.25) is 0 Å². The molecule has 2 rings (SSSR count). The van der Waals surface area contributed by atoms with Crippen LogP contribution in [0.3, 0.4) is 0 Å². The summed E-state index contributed by atoms with van der Waals surface area (Å²) < 4.78 is 4.99. The maximum atomic E-state index is 12.2. The average Bonchev–Trinajstić information content (AvgIpc) is 2.60. The first-order valence-corrected chi connectivity index (χ1v) is 7.35. The number of amides is 1. The molecule has 1 aliphatic carbocycles. The number of carbonyl (C=O) groups is 2. The summed E-state index contributed by atoms with van der Waals surface area (Å²) >= 11 is 0. The molecule has 1 aliphatic rings. The number of aromatic nitrogens is 1. The second-order valence-corrected chi connectivity index (χ2v) is 5.45. The number of ether oxygens (including phenoxy) is 1. The lowest BCUT2D eigenvalue weighted by Crippen LogP contribution is -2.51. The molecule has 1 amide bonds. The van der Waals surface area contributed by atoms with Crippen LogP contribution in [0.5, 0.6) is 0 Å². The highest BCUT2D eigenvalue weighted by molar-refractivity contribution is 5.89. The molecule has 0 aromatic carbocycles. The minimum Gasteiger partial charge on any atom is -0.451 e. The van der Waals surface area contributed by atoms with E-state index >= 15 is 0 Å². The molecule has 6 heteroatoms. The fraction of sp³-hybridized carbons (Fsp3) is 0.500. The summed E-state index contributed by atoms with van der Waals surface area (Å²) in [5, 5.41) is 9.45. The second-order valence-electron chi connectivity index (χ2n) is 5.45. The summed E-state index contributed by atoms with van der Waals surface area (Å²) in [6.45, 7) is -0.380. The molecule has 0 aliphatic heterocycles. The van der Waals surface area contributed by atoms with Gasteiger partial charge in [-0.25, -0.2) is 9.78 Å². The molecule has 1 saturated carbocycles. The van der Waals surface area contributed by atoms with E-state index in [-0.39, 0.29) is 18.2 Å². The number of nitrogens with zero attached hydrogens (tertiary/aromatic N) is 3. The van der Waals surface area contributed by atoms with E-state index in [1.807, 2.05) is 0 Å². The molecule has 0 atom stereocenters. The van der Waals surface area contributed by atoms with E-state index in [0.29, 0.717) is 12.8 Å². The Kier molecular flexibility index (Phi) is 5.10. The van der Waals surface area contributed by atoms with E-state index in [1.54, 1.807) is 19.2 Å². The average molecular weight is 301 g/mol. The number of nitriles is 1. The number of esters is 1. The molecule has 1 aromatic heterocycles. The second kappa shape index (κ2) is 7.03. The molecular formula is C16H19N3O3. The molecule has 6 nitrogen and oxygen atoms in total. The van der Waals surface area contributed by atoms with Gasteiger partial charge in [0.25, 0.3) is 5.91 Å². The van der Waals surface area contributed by atoms with Crippen LogP contribution in [0, 0.1) is 11.3 Å². The van der Waals surface area contributed by atoms with Crippen molar-refractivity contribution >= 4 is 11.9 Å². The molecule has 1 fully saturated rings. The first-order valence-electron chi connectivity index (χ1n) is 7.35. The van der Waals surface area contributed by atoms with E-state index in [0.717, 1.165) is 19.3 Å². The minimum atomic E-state index is -0.771. The Morgan fingerprint density at radius 2 is 2.09 bits per heavy atom. The van der Waals surface area contributed by atoms with Gasteiger partial charge in [0.15, 0.2) is 6.61 Å². The van der Waals surface area contributed by atoms with Crippen molar-refractivity contribution in [1.29, 1.82) is 5.26 Å². The zero-order valence-electron chi connectivity index (χ0n) is 12.6. The van der Waals surface area contributed by atoms with Gasteiger partial charge in [-0.2, -0.15) is 5.26 Å². The molecule has 116 valence electrons. The van der Waals surface area contributed by atoms with E-state index in [2.05, 4.69) is 11.1 Å². The maximum Gasteiger partial charge on any atom is 0.357 e. The van der Waals surface area contributed by atoms with Crippen molar-refractivity contribution in [2.75, 3.05) is 13.7 Å². The molecular weight excluding hydrogens is 282 g/mol. The van der Waals surface area contributed by atoms with Gasteiger partial charge in [-0.15, -0.1) is 0 Å². The number of pyridine rings is 1. The Bertz CT molecular complexity index is 574. The lowest BCUT2D eigenvalue weighted by molar-refractivity contribution is -0.138. The van der Waals surface area contributed by atoms with Crippen LogP contribution in [0.4, 0.5) is 0 Å². The molecule has 1 aromatic rings. The number of likely N-dealkylation sites (N-methyl/N-ethyl adjacent to an activating group) is 1. The van der Waals surface area contributed by atoms with Gasteiger partial charge < -0.3 is 9.64 Å². The van der Waals surface area contributed by atoms with Gasteiger partial charge >= 0.3 is 5.97 Å². The zero-order valence-corrected chi connectivity index (χ0v) is 12.6. The molecule has 0 unspecified atom stereocenters. The van der Waals surface area contributed by atoms with Gasteiger partial charge in [0.05, 0.1) is 6.07 Å². The Labute approximate surface area is 129 Å². The standard InChI is InChI=1S/C16H19N3O3/c1-19(16(12-17)8-4-2-5-9-16)14(20)11-22-15(21)13-7-3-6-10-18-13/h3,6-7,10H,2,4-5,8-9,11H2,1H3. The first kappa shape index (κ1) is 16.0. The van der Waals surface area contributed by atoms with Gasteiger partial charge in [-0.3, -0.25) is 4.79 Å². The quantitative estimate of drug-likeness (QED) is 0.793. The highest BCUT2D eigenvalue weighted by Crippen LogP contribution is 2.32. The lowest BCUT2D eigenvalue weighted by atomic mass is 9.81. The van der Waals surface area contributed by atoms with E-state index in [4.69, 9.17) is 4.74 Å². The van der Waals surface area contributed by atoms with Crippen molar-refractivity contribution in [3.05, 3.63) is 30.1 Å². The lowest BCUT2D eigenvalue weighted by Gasteiger charge is -2.38. The van der Waals surface area contributed by atoms with Crippen LogP contribution in [0.25, 0.3) is 0 Å². The van der Waals surface area contributed by atoms with Crippen LogP contribution in [0.2, 0.25) is 0 Å². The van der Waals surface area contributed by atoms with Crippen molar-refractivity contribution in [3.8, 4) is 6.07 Å². The number of carbonyl (C=O) groups excluding carboxylic acids is 2. The Hall–Kier alpha value is -2.42. The van der Waals surface area contributed by atoms with Crippen LogP contribution in [0.15, 0.2) is 24.4 Å². The van der Waals surface area contributed by atoms with Crippen LogP contribution in [-0.4, -0.2) is 41.0 Å². The molecule has 0 N–H and O–H groups in total. The fourth-order valence-electron chi connectivity index (χ4n) is 2.68. The minimum absolute atomic E-state index is 0.158. The fourth-order valence-corrected chi connectivity index (χ4v) is 2.68. The molecule has 22 heavy (non-hydrogen) atoms. The van der Waals surface area contributed by atoms with Crippen molar-refractivity contribution in [1.82, 2.24) is 9.88 Å². The van der Waals surface area contributed by atoms with Gasteiger partial charge in [0, 0.05) is 13.2 Å². The van der Waals surface area contributed by atoms with Crippen LogP contribution in [-0.2, 0) is 9.53 Å². The largest absolute Gasteiger partial charge is 0.451 e. The third-order valence-electron chi connectivity index (χ3n) is 4.11. The summed E-state index contributed by atoms with van der Waals surface area (Å²) in [4.78, 5) is 29.3. The third-order valence-corrected chi connectivity index (χ3v) is 4.11. The van der Waals surface area contributed by atoms with E-state index < -0.39 is 11.5 Å². The predicted molar refractivity (Wildman–Crippen MR) is 78.7 cm³/mol. The SMILES string of the molecule is CN(C(=O)COC(=O)c1ccccn1)C1(C#N)CCCCC1. The number of hydrogen-bond acceptors (Lipinski definition) is 5. The van der Waals surface area contributed by atoms with E-state index in [1.165, 1.54) is 17.2 Å². The molecule has 0 radical (unpaired) electrons. The normalized spacial score (nSPS) is 16.4. The monoisotopic (exact) mass is 301 g/mol. The van der Waals surface area contributed by atoms with Crippen molar-refractivity contribution in [2.24, 2.45) is 0 Å². The number of rotatable bonds is 4. The molecule has 0 bridgehead atoms. The van der Waals surface area contributed by atoms with Gasteiger partial charge in [0.1, 0.15) is 11.2 Å². The first-order chi connectivity index (χ1) is 10.6. The summed E-state index contributed by atoms with van der Waals surface area (Å²) in [6, 6.07) is 7.15. The topological polar surface area (TPSA) is 83.3 Å². The number of hydrogen-bond donors (Lipinski definition) is 0. The van der Waals surface area contributed by atoms with Gasteiger partial charge in [-0.1, -0.05) is 25.3 Å². The maximum absolute atomic E-state index is 12.2. The molecule has 0 saturated heterocycles. The van der Waals surface area contributed by atoms with Crippen LogP contribution < -0.4 is 0 Å². The summed E-state index contributed by atoms with van der Waals surface area (Å²) in [5.74, 6) is -1.01.